The molecule has 1 aliphatic heterocycles. The molecule has 3 rings (SSSR count). The number of aliphatic hydroxyl groups excluding tert-OH is 1. The Kier molecular flexibility index (Phi) is 6.00. The number of benzene rings is 1. The molecule has 1 atom stereocenters. The second-order valence-corrected chi connectivity index (χ2v) is 8.61. The third-order valence-corrected chi connectivity index (χ3v) is 6.17. The third-order valence-electron chi connectivity index (χ3n) is 6.17. The molecule has 0 bridgehead atoms. The van der Waals surface area contributed by atoms with Gasteiger partial charge >= 0.3 is 6.18 Å². The standard InChI is InChI=1S/C21H28F3NO4/c1-14(2)29-13-20(28)9-7-19(8-10-20)11-12-25(18(19)27)16-5-3-15(4-6-16)17(26)21(22,23)24/h3-6,14,17,26,28H,7-13H2,1-2H3. The number of alkyl halides is 3. The van der Waals surface area contributed by atoms with Crippen LogP contribution in [0.5, 0.6) is 0 Å². The van der Waals surface area contributed by atoms with Crippen LogP contribution >= 0.6 is 0 Å². The molecular formula is C21H28F3NO4. The molecular weight excluding hydrogens is 387 g/mol. The van der Waals surface area contributed by atoms with Crippen LogP contribution in [0.25, 0.3) is 0 Å². The summed E-state index contributed by atoms with van der Waals surface area (Å²) in [6.07, 6.45) is -4.51. The Morgan fingerprint density at radius 3 is 2.21 bits per heavy atom. The van der Waals surface area contributed by atoms with Gasteiger partial charge < -0.3 is 19.8 Å². The molecule has 1 amide bonds. The van der Waals surface area contributed by atoms with E-state index < -0.39 is 23.3 Å². The third kappa shape index (κ3) is 4.59. The molecule has 1 spiro atoms. The molecule has 2 N–H and O–H groups in total. The Morgan fingerprint density at radius 2 is 1.69 bits per heavy atom. The maximum Gasteiger partial charge on any atom is 0.418 e. The van der Waals surface area contributed by atoms with Gasteiger partial charge in [0.15, 0.2) is 6.10 Å². The number of carbonyl (C=O) groups excluding carboxylic acids is 1. The molecule has 0 radical (unpaired) electrons. The van der Waals surface area contributed by atoms with Crippen molar-refractivity contribution in [2.24, 2.45) is 5.41 Å². The number of carbonyl (C=O) groups is 1. The zero-order valence-electron chi connectivity index (χ0n) is 16.7. The molecule has 1 heterocycles. The normalized spacial score (nSPS) is 29.1. The molecule has 1 aromatic rings. The number of aliphatic hydroxyl groups is 2. The van der Waals surface area contributed by atoms with Gasteiger partial charge in [-0.25, -0.2) is 0 Å². The van der Waals surface area contributed by atoms with Crippen molar-refractivity contribution in [3.8, 4) is 0 Å². The lowest BCUT2D eigenvalue weighted by molar-refractivity contribution is -0.206. The highest BCUT2D eigenvalue weighted by molar-refractivity contribution is 6.00. The second-order valence-electron chi connectivity index (χ2n) is 8.61. The fraction of sp³-hybridized carbons (Fsp3) is 0.667. The predicted molar refractivity (Wildman–Crippen MR) is 101 cm³/mol. The number of ether oxygens (including phenoxy) is 1. The molecule has 29 heavy (non-hydrogen) atoms. The average Bonchev–Trinajstić information content (AvgIpc) is 2.98. The number of nitrogens with zero attached hydrogens (tertiary/aromatic N) is 1. The van der Waals surface area contributed by atoms with Crippen molar-refractivity contribution in [3.05, 3.63) is 29.8 Å². The Balaban J connectivity index is 1.66. The van der Waals surface area contributed by atoms with Crippen LogP contribution in [0.3, 0.4) is 0 Å². The number of halogens is 3. The van der Waals surface area contributed by atoms with Crippen molar-refractivity contribution in [1.82, 2.24) is 0 Å². The van der Waals surface area contributed by atoms with Gasteiger partial charge in [-0.15, -0.1) is 0 Å². The quantitative estimate of drug-likeness (QED) is 0.769. The number of anilines is 1. The maximum atomic E-state index is 13.1. The number of hydrogen-bond donors (Lipinski definition) is 2. The van der Waals surface area contributed by atoms with Gasteiger partial charge in [0.2, 0.25) is 5.91 Å². The Labute approximate surface area is 168 Å². The largest absolute Gasteiger partial charge is 0.418 e. The van der Waals surface area contributed by atoms with E-state index in [1.165, 1.54) is 24.3 Å². The lowest BCUT2D eigenvalue weighted by atomic mass is 9.68. The topological polar surface area (TPSA) is 70.0 Å². The van der Waals surface area contributed by atoms with Gasteiger partial charge in [-0.3, -0.25) is 4.79 Å². The van der Waals surface area contributed by atoms with Crippen LogP contribution in [-0.4, -0.2) is 47.2 Å². The highest BCUT2D eigenvalue weighted by Gasteiger charge is 2.51. The van der Waals surface area contributed by atoms with Gasteiger partial charge in [-0.2, -0.15) is 13.2 Å². The molecule has 1 unspecified atom stereocenters. The van der Waals surface area contributed by atoms with Crippen molar-refractivity contribution < 1.29 is 32.9 Å². The van der Waals surface area contributed by atoms with E-state index in [4.69, 9.17) is 4.74 Å². The monoisotopic (exact) mass is 415 g/mol. The highest BCUT2D eigenvalue weighted by atomic mass is 19.4. The summed E-state index contributed by atoms with van der Waals surface area (Å²) < 4.78 is 43.5. The Hall–Kier alpha value is -1.64. The Bertz CT molecular complexity index is 724. The molecule has 2 aliphatic rings. The SMILES string of the molecule is CC(C)OCC1(O)CCC2(CCN(c3ccc(C(O)C(F)(F)F)cc3)C2=O)CC1. The molecule has 5 nitrogen and oxygen atoms in total. The number of hydrogen-bond acceptors (Lipinski definition) is 4. The molecule has 2 fully saturated rings. The van der Waals surface area contributed by atoms with Crippen LogP contribution in [0.4, 0.5) is 18.9 Å². The summed E-state index contributed by atoms with van der Waals surface area (Å²) in [6.45, 7) is 4.55. The fourth-order valence-electron chi connectivity index (χ4n) is 4.22. The predicted octanol–water partition coefficient (Wildman–Crippen LogP) is 3.74. The van der Waals surface area contributed by atoms with Gasteiger partial charge in [-0.1, -0.05) is 12.1 Å². The van der Waals surface area contributed by atoms with E-state index in [0.717, 1.165) is 0 Å². The van der Waals surface area contributed by atoms with Crippen molar-refractivity contribution in [2.75, 3.05) is 18.1 Å². The maximum absolute atomic E-state index is 13.1. The number of rotatable bonds is 5. The molecule has 162 valence electrons. The smallest absolute Gasteiger partial charge is 0.387 e. The molecule has 1 aliphatic carbocycles. The molecule has 1 saturated carbocycles. The van der Waals surface area contributed by atoms with Crippen LogP contribution in [0, 0.1) is 5.41 Å². The summed E-state index contributed by atoms with van der Waals surface area (Å²) in [5, 5.41) is 20.1. The van der Waals surface area contributed by atoms with Crippen molar-refractivity contribution in [3.63, 3.8) is 0 Å². The van der Waals surface area contributed by atoms with E-state index in [0.29, 0.717) is 44.3 Å². The van der Waals surface area contributed by atoms with E-state index in [1.807, 2.05) is 13.8 Å². The van der Waals surface area contributed by atoms with Crippen molar-refractivity contribution >= 4 is 11.6 Å². The van der Waals surface area contributed by atoms with Gasteiger partial charge in [0.05, 0.1) is 23.7 Å². The molecule has 8 heteroatoms. The van der Waals surface area contributed by atoms with E-state index in [9.17, 15) is 28.2 Å². The zero-order chi connectivity index (χ0) is 21.4. The number of amides is 1. The van der Waals surface area contributed by atoms with Crippen LogP contribution in [-0.2, 0) is 9.53 Å². The average molecular weight is 415 g/mol. The zero-order valence-corrected chi connectivity index (χ0v) is 16.7. The highest BCUT2D eigenvalue weighted by Crippen LogP contribution is 2.48. The minimum atomic E-state index is -4.73. The van der Waals surface area contributed by atoms with Gasteiger partial charge in [0.25, 0.3) is 0 Å². The fourth-order valence-corrected chi connectivity index (χ4v) is 4.22. The summed E-state index contributed by atoms with van der Waals surface area (Å²) in [5.41, 5.74) is -1.18. The molecule has 1 saturated heterocycles. The molecule has 1 aromatic carbocycles. The first kappa shape index (κ1) is 22.1. The van der Waals surface area contributed by atoms with Gasteiger partial charge in [0, 0.05) is 12.2 Å². The van der Waals surface area contributed by atoms with Crippen molar-refractivity contribution in [2.45, 2.75) is 69.9 Å². The first-order valence-electron chi connectivity index (χ1n) is 9.97. The lowest BCUT2D eigenvalue weighted by Gasteiger charge is -2.41. The van der Waals surface area contributed by atoms with E-state index in [2.05, 4.69) is 0 Å². The van der Waals surface area contributed by atoms with Gasteiger partial charge in [0.1, 0.15) is 0 Å². The van der Waals surface area contributed by atoms with Crippen LogP contribution in [0.15, 0.2) is 24.3 Å². The minimum absolute atomic E-state index is 0.0253. The molecule has 0 aromatic heterocycles. The van der Waals surface area contributed by atoms with Crippen LogP contribution in [0.2, 0.25) is 0 Å². The van der Waals surface area contributed by atoms with Crippen LogP contribution < -0.4 is 4.90 Å². The first-order valence-corrected chi connectivity index (χ1v) is 9.97. The van der Waals surface area contributed by atoms with E-state index >= 15 is 0 Å². The minimum Gasteiger partial charge on any atom is -0.387 e. The lowest BCUT2D eigenvalue weighted by Crippen LogP contribution is -2.46. The Morgan fingerprint density at radius 1 is 1.10 bits per heavy atom. The summed E-state index contributed by atoms with van der Waals surface area (Å²) in [7, 11) is 0. The van der Waals surface area contributed by atoms with Gasteiger partial charge in [-0.05, 0) is 63.6 Å². The summed E-state index contributed by atoms with van der Waals surface area (Å²) in [6, 6.07) is 5.29. The first-order chi connectivity index (χ1) is 13.5. The van der Waals surface area contributed by atoms with E-state index in [1.54, 1.807) is 4.90 Å². The summed E-state index contributed by atoms with van der Waals surface area (Å²) >= 11 is 0. The van der Waals surface area contributed by atoms with Crippen LogP contribution in [0.1, 0.15) is 57.6 Å². The summed E-state index contributed by atoms with van der Waals surface area (Å²) in [5.74, 6) is -0.0477. The summed E-state index contributed by atoms with van der Waals surface area (Å²) in [4.78, 5) is 14.7. The van der Waals surface area contributed by atoms with Crippen molar-refractivity contribution in [1.29, 1.82) is 0 Å². The van der Waals surface area contributed by atoms with E-state index in [-0.39, 0.29) is 24.2 Å². The second kappa shape index (κ2) is 7.89.